The molecule has 128 valence electrons. The highest BCUT2D eigenvalue weighted by molar-refractivity contribution is 5.38. The van der Waals surface area contributed by atoms with Gasteiger partial charge >= 0.3 is 0 Å². The quantitative estimate of drug-likeness (QED) is 0.841. The Kier molecular flexibility index (Phi) is 5.54. The summed E-state index contributed by atoms with van der Waals surface area (Å²) in [4.78, 5) is 0. The molecular weight excluding hydrogens is 296 g/mol. The Morgan fingerprint density at radius 3 is 2.67 bits per heavy atom. The van der Waals surface area contributed by atoms with Crippen LogP contribution in [0.3, 0.4) is 0 Å². The summed E-state index contributed by atoms with van der Waals surface area (Å²) in [7, 11) is 1.76. The summed E-state index contributed by atoms with van der Waals surface area (Å²) in [6, 6.07) is 17.5. The van der Waals surface area contributed by atoms with Gasteiger partial charge < -0.3 is 4.74 Å². The summed E-state index contributed by atoms with van der Waals surface area (Å²) >= 11 is 0. The number of hydrazine groups is 1. The molecule has 3 heteroatoms. The molecule has 1 heterocycles. The number of aryl methyl sites for hydroxylation is 1. The average molecular weight is 324 g/mol. The highest BCUT2D eigenvalue weighted by atomic mass is 16.5. The van der Waals surface area contributed by atoms with Crippen molar-refractivity contribution in [3.05, 3.63) is 65.2 Å². The van der Waals surface area contributed by atoms with Gasteiger partial charge in [-0.3, -0.25) is 5.84 Å². The maximum absolute atomic E-state index is 6.38. The lowest BCUT2D eigenvalue weighted by molar-refractivity contribution is 0.0923. The van der Waals surface area contributed by atoms with Crippen LogP contribution >= 0.6 is 0 Å². The molecule has 2 aromatic rings. The number of nitrogens with two attached hydrogens (primary N) is 1. The van der Waals surface area contributed by atoms with Gasteiger partial charge in [0.15, 0.2) is 0 Å². The first-order valence-corrected chi connectivity index (χ1v) is 8.95. The van der Waals surface area contributed by atoms with Crippen LogP contribution in [0.1, 0.15) is 42.5 Å². The lowest BCUT2D eigenvalue weighted by Gasteiger charge is -2.39. The van der Waals surface area contributed by atoms with Gasteiger partial charge in [-0.25, -0.2) is 5.01 Å². The molecule has 2 aromatic carbocycles. The Morgan fingerprint density at radius 1 is 1.17 bits per heavy atom. The van der Waals surface area contributed by atoms with E-state index in [1.165, 1.54) is 23.1 Å². The molecule has 2 atom stereocenters. The third-order valence-corrected chi connectivity index (χ3v) is 5.17. The number of hydrogen-bond acceptors (Lipinski definition) is 3. The molecule has 0 amide bonds. The van der Waals surface area contributed by atoms with Crippen molar-refractivity contribution >= 4 is 0 Å². The van der Waals surface area contributed by atoms with Crippen molar-refractivity contribution in [2.24, 2.45) is 11.8 Å². The van der Waals surface area contributed by atoms with Gasteiger partial charge in [-0.1, -0.05) is 49.4 Å². The van der Waals surface area contributed by atoms with E-state index >= 15 is 0 Å². The molecule has 0 spiro atoms. The van der Waals surface area contributed by atoms with Crippen LogP contribution in [0.15, 0.2) is 48.5 Å². The normalized spacial score (nSPS) is 21.6. The van der Waals surface area contributed by atoms with E-state index in [-0.39, 0.29) is 6.04 Å². The first kappa shape index (κ1) is 17.0. The van der Waals surface area contributed by atoms with Gasteiger partial charge in [0.05, 0.1) is 13.2 Å². The number of methoxy groups -OCH3 is 1. The maximum Gasteiger partial charge on any atom is 0.122 e. The van der Waals surface area contributed by atoms with Crippen molar-refractivity contribution in [3.63, 3.8) is 0 Å². The highest BCUT2D eigenvalue weighted by Gasteiger charge is 2.31. The van der Waals surface area contributed by atoms with Crippen molar-refractivity contribution in [1.29, 1.82) is 0 Å². The number of piperidine rings is 1. The minimum atomic E-state index is 0.273. The molecule has 0 aromatic heterocycles. The topological polar surface area (TPSA) is 38.5 Å². The first-order chi connectivity index (χ1) is 11.7. The first-order valence-electron chi connectivity index (χ1n) is 8.95. The largest absolute Gasteiger partial charge is 0.496 e. The molecule has 0 unspecified atom stereocenters. The van der Waals surface area contributed by atoms with Gasteiger partial charge in [0.1, 0.15) is 5.75 Å². The van der Waals surface area contributed by atoms with Gasteiger partial charge in [-0.15, -0.1) is 0 Å². The Bertz CT molecular complexity index is 656. The minimum Gasteiger partial charge on any atom is -0.496 e. The van der Waals surface area contributed by atoms with Gasteiger partial charge in [-0.2, -0.15) is 0 Å². The summed E-state index contributed by atoms with van der Waals surface area (Å²) in [5.74, 6) is 7.88. The van der Waals surface area contributed by atoms with Crippen molar-refractivity contribution in [1.82, 2.24) is 5.01 Å². The molecule has 0 bridgehead atoms. The van der Waals surface area contributed by atoms with Crippen LogP contribution in [-0.2, 0) is 12.8 Å². The number of hydrogen-bond donors (Lipinski definition) is 1. The predicted octanol–water partition coefficient (Wildman–Crippen LogP) is 4.13. The molecular formula is C21H28N2O. The van der Waals surface area contributed by atoms with Gasteiger partial charge in [0.25, 0.3) is 0 Å². The lowest BCUT2D eigenvalue weighted by Crippen LogP contribution is -2.44. The van der Waals surface area contributed by atoms with Crippen molar-refractivity contribution in [2.45, 2.75) is 38.6 Å². The molecule has 0 radical (unpaired) electrons. The average Bonchev–Trinajstić information content (AvgIpc) is 2.62. The molecule has 3 nitrogen and oxygen atoms in total. The van der Waals surface area contributed by atoms with E-state index in [4.69, 9.17) is 10.6 Å². The summed E-state index contributed by atoms with van der Waals surface area (Å²) in [5, 5.41) is 2.03. The van der Waals surface area contributed by atoms with E-state index in [0.29, 0.717) is 5.92 Å². The second kappa shape index (κ2) is 7.82. The second-order valence-corrected chi connectivity index (χ2v) is 6.70. The van der Waals surface area contributed by atoms with Crippen LogP contribution in [0.5, 0.6) is 5.75 Å². The van der Waals surface area contributed by atoms with E-state index in [2.05, 4.69) is 55.5 Å². The molecule has 2 N–H and O–H groups in total. The number of ether oxygens (including phenoxy) is 1. The number of rotatable bonds is 5. The smallest absolute Gasteiger partial charge is 0.122 e. The summed E-state index contributed by atoms with van der Waals surface area (Å²) < 4.78 is 5.61. The van der Waals surface area contributed by atoms with E-state index < -0.39 is 0 Å². The van der Waals surface area contributed by atoms with Crippen LogP contribution in [0.25, 0.3) is 0 Å². The summed E-state index contributed by atoms with van der Waals surface area (Å²) in [5.41, 5.74) is 3.98. The van der Waals surface area contributed by atoms with E-state index in [9.17, 15) is 0 Å². The predicted molar refractivity (Wildman–Crippen MR) is 98.9 cm³/mol. The SMILES string of the molecule is CCc1ccc(OC)c(C[C@@H]2CCCN(N)[C@@H]2c2ccccc2)c1. The summed E-state index contributed by atoms with van der Waals surface area (Å²) in [6.45, 7) is 3.16. The van der Waals surface area contributed by atoms with Crippen LogP contribution in [0.2, 0.25) is 0 Å². The highest BCUT2D eigenvalue weighted by Crippen LogP contribution is 2.37. The third kappa shape index (κ3) is 3.63. The van der Waals surface area contributed by atoms with Crippen molar-refractivity contribution in [3.8, 4) is 5.75 Å². The Hall–Kier alpha value is -1.84. The molecule has 0 saturated carbocycles. The van der Waals surface area contributed by atoms with E-state index in [1.807, 2.05) is 5.01 Å². The fourth-order valence-electron chi connectivity index (χ4n) is 3.93. The standard InChI is InChI=1S/C21H28N2O/c1-3-16-11-12-20(24-2)19(14-16)15-18-10-7-13-23(22)21(18)17-8-5-4-6-9-17/h4-6,8-9,11-12,14,18,21H,3,7,10,13,15,22H2,1-2H3/t18-,21+/m0/s1. The Balaban J connectivity index is 1.89. The minimum absolute atomic E-state index is 0.273. The summed E-state index contributed by atoms with van der Waals surface area (Å²) in [6.07, 6.45) is 4.41. The monoisotopic (exact) mass is 324 g/mol. The van der Waals surface area contributed by atoms with E-state index in [0.717, 1.165) is 31.6 Å². The Morgan fingerprint density at radius 2 is 1.96 bits per heavy atom. The van der Waals surface area contributed by atoms with Crippen molar-refractivity contribution in [2.75, 3.05) is 13.7 Å². The van der Waals surface area contributed by atoms with Crippen LogP contribution < -0.4 is 10.6 Å². The van der Waals surface area contributed by atoms with Crippen molar-refractivity contribution < 1.29 is 4.74 Å². The van der Waals surface area contributed by atoms with Gasteiger partial charge in [0, 0.05) is 6.54 Å². The third-order valence-electron chi connectivity index (χ3n) is 5.17. The zero-order valence-electron chi connectivity index (χ0n) is 14.7. The lowest BCUT2D eigenvalue weighted by atomic mass is 9.81. The fourth-order valence-corrected chi connectivity index (χ4v) is 3.93. The maximum atomic E-state index is 6.38. The molecule has 1 aliphatic rings. The van der Waals surface area contributed by atoms with Gasteiger partial charge in [-0.05, 0) is 54.4 Å². The fraction of sp³-hybridized carbons (Fsp3) is 0.429. The molecule has 1 saturated heterocycles. The molecule has 0 aliphatic carbocycles. The number of nitrogens with zero attached hydrogens (tertiary/aromatic N) is 1. The number of benzene rings is 2. The van der Waals surface area contributed by atoms with Gasteiger partial charge in [0.2, 0.25) is 0 Å². The molecule has 1 fully saturated rings. The zero-order valence-corrected chi connectivity index (χ0v) is 14.7. The molecule has 1 aliphatic heterocycles. The zero-order chi connectivity index (χ0) is 16.9. The van der Waals surface area contributed by atoms with Crippen LogP contribution in [0, 0.1) is 5.92 Å². The van der Waals surface area contributed by atoms with Crippen LogP contribution in [0.4, 0.5) is 0 Å². The second-order valence-electron chi connectivity index (χ2n) is 6.70. The molecule has 3 rings (SSSR count). The van der Waals surface area contributed by atoms with Crippen LogP contribution in [-0.4, -0.2) is 18.7 Å². The Labute approximate surface area is 145 Å². The molecule has 24 heavy (non-hydrogen) atoms. The van der Waals surface area contributed by atoms with E-state index in [1.54, 1.807) is 7.11 Å².